The van der Waals surface area contributed by atoms with E-state index >= 15 is 0 Å². The van der Waals surface area contributed by atoms with E-state index in [1.54, 1.807) is 42.6 Å². The van der Waals surface area contributed by atoms with Gasteiger partial charge in [0.05, 0.1) is 35.1 Å². The number of fused-ring (bicyclic) bond motifs is 4. The molecular formula is C50H60Br4N10O6Si2. The number of ether oxygens (including phenoxy) is 2. The van der Waals surface area contributed by atoms with Crippen LogP contribution in [0.2, 0.25) is 51.4 Å². The van der Waals surface area contributed by atoms with Gasteiger partial charge in [0.1, 0.15) is 44.8 Å². The number of carbonyl (C=O) groups is 2. The second kappa shape index (κ2) is 23.0. The number of hydrogen-bond donors (Lipinski definition) is 4. The number of aromatic nitrogens is 6. The van der Waals surface area contributed by atoms with Crippen LogP contribution >= 0.6 is 63.7 Å². The molecule has 2 aromatic carbocycles. The van der Waals surface area contributed by atoms with Crippen LogP contribution < -0.4 is 43.7 Å². The number of aromatic amines is 2. The highest BCUT2D eigenvalue weighted by molar-refractivity contribution is 9.13. The van der Waals surface area contributed by atoms with Crippen LogP contribution in [0.1, 0.15) is 43.2 Å². The van der Waals surface area contributed by atoms with Crippen molar-refractivity contribution in [2.75, 3.05) is 26.3 Å². The largest absolute Gasteiger partial charge is 0.361 e. The minimum atomic E-state index is -1.37. The lowest BCUT2D eigenvalue weighted by atomic mass is 9.90. The fourth-order valence-electron chi connectivity index (χ4n) is 8.51. The van der Waals surface area contributed by atoms with Crippen molar-refractivity contribution in [2.45, 2.75) is 91.0 Å². The van der Waals surface area contributed by atoms with Gasteiger partial charge in [-0.15, -0.1) is 0 Å². The van der Waals surface area contributed by atoms with Gasteiger partial charge < -0.3 is 39.2 Å². The van der Waals surface area contributed by atoms with Gasteiger partial charge in [0.15, 0.2) is 0 Å². The first-order valence-electron chi connectivity index (χ1n) is 23.9. The summed E-state index contributed by atoms with van der Waals surface area (Å²) in [5.41, 5.74) is 4.95. The zero-order chi connectivity index (χ0) is 51.5. The molecule has 382 valence electrons. The smallest absolute Gasteiger partial charge is 0.277 e. The summed E-state index contributed by atoms with van der Waals surface area (Å²) in [6.07, 6.45) is 3.55. The molecule has 2 aliphatic heterocycles. The van der Waals surface area contributed by atoms with E-state index < -0.39 is 39.8 Å². The van der Waals surface area contributed by atoms with E-state index in [4.69, 9.17) is 19.5 Å². The Hall–Kier alpha value is -4.43. The summed E-state index contributed by atoms with van der Waals surface area (Å²) in [7, 11) is -2.75. The molecule has 0 aliphatic carbocycles. The van der Waals surface area contributed by atoms with Gasteiger partial charge in [0.2, 0.25) is 11.2 Å². The minimum Gasteiger partial charge on any atom is -0.361 e. The molecule has 0 unspecified atom stereocenters. The molecule has 4 aromatic heterocycles. The Labute approximate surface area is 452 Å². The van der Waals surface area contributed by atoms with Gasteiger partial charge in [-0.05, 0) is 122 Å². The Morgan fingerprint density at radius 1 is 0.639 bits per heavy atom. The maximum absolute atomic E-state index is 14.5. The molecule has 0 bridgehead atoms. The molecule has 6 aromatic rings. The summed E-state index contributed by atoms with van der Waals surface area (Å²) in [5.74, 6) is -2.21. The molecular weight excluding hydrogens is 1210 g/mol. The van der Waals surface area contributed by atoms with Crippen LogP contribution in [0.3, 0.4) is 0 Å². The van der Waals surface area contributed by atoms with E-state index in [1.165, 1.54) is 0 Å². The molecule has 6 heterocycles. The predicted octanol–water partition coefficient (Wildman–Crippen LogP) is 6.66. The molecule has 0 fully saturated rings. The fourth-order valence-corrected chi connectivity index (χ4v) is 11.7. The second-order valence-electron chi connectivity index (χ2n) is 20.6. The monoisotopic (exact) mass is 1270 g/mol. The van der Waals surface area contributed by atoms with Crippen LogP contribution in [0.15, 0.2) is 98.4 Å². The Kier molecular flexibility index (Phi) is 17.2. The van der Waals surface area contributed by atoms with E-state index in [-0.39, 0.29) is 48.4 Å². The molecule has 8 rings (SSSR count). The van der Waals surface area contributed by atoms with E-state index in [2.05, 4.69) is 124 Å². The van der Waals surface area contributed by atoms with Crippen LogP contribution in [0.4, 0.5) is 0 Å². The molecule has 22 heteroatoms. The summed E-state index contributed by atoms with van der Waals surface area (Å²) in [6.45, 7) is 16.5. The Morgan fingerprint density at radius 3 is 1.39 bits per heavy atom. The third kappa shape index (κ3) is 12.9. The number of benzene rings is 2. The highest BCUT2D eigenvalue weighted by Crippen LogP contribution is 2.29. The molecule has 2 aliphatic rings. The molecule has 2 atom stereocenters. The molecule has 4 N–H and O–H groups in total. The molecule has 0 saturated heterocycles. The molecule has 0 spiro atoms. The summed E-state index contributed by atoms with van der Waals surface area (Å²) in [5, 5.41) is 6.80. The van der Waals surface area contributed by atoms with E-state index in [0.717, 1.165) is 34.3 Å². The second-order valence-corrected chi connectivity index (χ2v) is 35.1. The number of nitrogens with zero attached hydrogens (tertiary/aromatic N) is 6. The lowest BCUT2D eigenvalue weighted by Gasteiger charge is -2.23. The van der Waals surface area contributed by atoms with E-state index in [0.29, 0.717) is 80.2 Å². The lowest BCUT2D eigenvalue weighted by molar-refractivity contribution is 0.0774. The van der Waals surface area contributed by atoms with Crippen LogP contribution in [0.5, 0.6) is 0 Å². The SMILES string of the molecule is C[Si](C)(C)CCOCn1c(C(=O)NC[C@@H](/C=c2\[nH]c3n(c2=O)Cc2ccccc2CN=3)[C@@H](/C=c2\[nH]c3n(c2=O)Cc2ccccc2CN=3)CNC(=O)c2cc(Br)c(Br)n2COCC[Si](C)(C)C)cc(Br)c1Br. The normalized spacial score (nSPS) is 14.8. The predicted molar refractivity (Wildman–Crippen MR) is 299 cm³/mol. The van der Waals surface area contributed by atoms with Crippen LogP contribution in [-0.2, 0) is 49.1 Å². The van der Waals surface area contributed by atoms with Gasteiger partial charge in [-0.3, -0.25) is 28.3 Å². The number of amides is 2. The number of halogens is 4. The van der Waals surface area contributed by atoms with Crippen molar-refractivity contribution < 1.29 is 19.1 Å². The van der Waals surface area contributed by atoms with Crippen LogP contribution in [0.25, 0.3) is 12.2 Å². The number of imidazole rings is 2. The molecule has 72 heavy (non-hydrogen) atoms. The fraction of sp³-hybridized carbons (Fsp3) is 0.400. The van der Waals surface area contributed by atoms with Crippen molar-refractivity contribution in [3.8, 4) is 0 Å². The van der Waals surface area contributed by atoms with Crippen LogP contribution in [0, 0.1) is 11.8 Å². The Balaban J connectivity index is 1.20. The van der Waals surface area contributed by atoms with Crippen molar-refractivity contribution in [1.82, 2.24) is 38.9 Å². The molecule has 2 amide bonds. The zero-order valence-corrected chi connectivity index (χ0v) is 49.6. The first kappa shape index (κ1) is 53.9. The van der Waals surface area contributed by atoms with Gasteiger partial charge in [0.25, 0.3) is 22.9 Å². The van der Waals surface area contributed by atoms with Crippen molar-refractivity contribution in [1.29, 1.82) is 0 Å². The lowest BCUT2D eigenvalue weighted by Crippen LogP contribution is -2.41. The van der Waals surface area contributed by atoms with Gasteiger partial charge in [0, 0.05) is 54.3 Å². The average Bonchev–Trinajstić information content (AvgIpc) is 3.89. The van der Waals surface area contributed by atoms with E-state index in [9.17, 15) is 19.2 Å². The number of carbonyl (C=O) groups excluding carboxylic acids is 2. The molecule has 16 nitrogen and oxygen atoms in total. The van der Waals surface area contributed by atoms with Gasteiger partial charge in [-0.1, -0.05) is 87.8 Å². The van der Waals surface area contributed by atoms with Crippen molar-refractivity contribution >= 4 is 104 Å². The Morgan fingerprint density at radius 2 is 1.01 bits per heavy atom. The summed E-state index contributed by atoms with van der Waals surface area (Å²) in [6, 6.07) is 21.2. The van der Waals surface area contributed by atoms with Crippen LogP contribution in [-0.4, -0.2) is 82.5 Å². The highest BCUT2D eigenvalue weighted by atomic mass is 79.9. The number of H-pyrrole nitrogens is 2. The third-order valence-corrected chi connectivity index (χ3v) is 20.2. The molecule has 0 saturated carbocycles. The van der Waals surface area contributed by atoms with Crippen molar-refractivity contribution in [3.05, 3.63) is 155 Å². The number of nitrogens with one attached hydrogen (secondary N) is 4. The number of hydrogen-bond acceptors (Lipinski definition) is 8. The topological polar surface area (TPSA) is 187 Å². The summed E-state index contributed by atoms with van der Waals surface area (Å²) >= 11 is 14.5. The van der Waals surface area contributed by atoms with Gasteiger partial charge in [-0.2, -0.15) is 0 Å². The first-order chi connectivity index (χ1) is 34.2. The highest BCUT2D eigenvalue weighted by Gasteiger charge is 2.27. The molecule has 0 radical (unpaired) electrons. The third-order valence-electron chi connectivity index (χ3n) is 12.8. The first-order valence-corrected chi connectivity index (χ1v) is 34.5. The number of rotatable bonds is 19. The summed E-state index contributed by atoms with van der Waals surface area (Å²) < 4.78 is 21.6. The standard InChI is InChI=1S/C50H60Br4N10O6Si2/c1-71(2,3)17-15-69-29-63-41(21-37(51)43(63)53)45(65)55-25-35(19-39-47(67)61-27-33-13-9-7-11-31(33)23-57-49(61)59-39)36(20-40-48(68)62-28-34-14-10-8-12-32(34)24-58-50(62)60-40)26-56-46(66)42-22-38(52)44(54)64(42)30-70-16-18-72(4,5)6/h7-14,19-22,35-36H,15-18,23-30H2,1-6H3,(H,55,65)(H,56,66)(H,57,59)(H,58,60)/b39-19-,40-20-/t35-,36+. The van der Waals surface area contributed by atoms with Gasteiger partial charge >= 0.3 is 0 Å². The van der Waals surface area contributed by atoms with Gasteiger partial charge in [-0.25, -0.2) is 9.98 Å². The zero-order valence-electron chi connectivity index (χ0n) is 41.2. The quantitative estimate of drug-likeness (QED) is 0.0519. The van der Waals surface area contributed by atoms with E-state index in [1.807, 2.05) is 48.5 Å². The average molecular weight is 1270 g/mol. The summed E-state index contributed by atoms with van der Waals surface area (Å²) in [4.78, 5) is 74.0. The minimum absolute atomic E-state index is 0.0154. The van der Waals surface area contributed by atoms with Crippen molar-refractivity contribution in [2.24, 2.45) is 21.8 Å². The Bertz CT molecular complexity index is 3160. The maximum Gasteiger partial charge on any atom is 0.277 e. The van der Waals surface area contributed by atoms with Crippen molar-refractivity contribution in [3.63, 3.8) is 0 Å². The maximum atomic E-state index is 14.5.